The predicted molar refractivity (Wildman–Crippen MR) is 70.0 cm³/mol. The molecule has 1 saturated carbocycles. The van der Waals surface area contributed by atoms with Gasteiger partial charge < -0.3 is 9.64 Å². The monoisotopic (exact) mass is 252 g/mol. The average Bonchev–Trinajstić information content (AvgIpc) is 2.27. The Kier molecular flexibility index (Phi) is 5.01. The van der Waals surface area contributed by atoms with E-state index in [1.54, 1.807) is 4.90 Å². The highest BCUT2D eigenvalue weighted by Gasteiger charge is 2.29. The summed E-state index contributed by atoms with van der Waals surface area (Å²) in [6.45, 7) is 5.63. The van der Waals surface area contributed by atoms with Gasteiger partial charge in [-0.25, -0.2) is 4.79 Å². The molecule has 102 valence electrons. The van der Waals surface area contributed by atoms with E-state index in [0.717, 1.165) is 25.7 Å². The van der Waals surface area contributed by atoms with Crippen LogP contribution in [0.3, 0.4) is 0 Å². The minimum Gasteiger partial charge on any atom is -0.444 e. The SMILES string of the molecule is CN(C(=O)OC(C)(C)C)[C@H]1CC[C@@H](CC#N)CC1. The van der Waals surface area contributed by atoms with E-state index in [2.05, 4.69) is 6.07 Å². The van der Waals surface area contributed by atoms with E-state index in [-0.39, 0.29) is 12.1 Å². The Morgan fingerprint density at radius 3 is 2.33 bits per heavy atom. The molecule has 0 atom stereocenters. The molecule has 0 N–H and O–H groups in total. The Bertz CT molecular complexity index is 320. The number of nitrogens with zero attached hydrogens (tertiary/aromatic N) is 2. The normalized spacial score (nSPS) is 24.2. The van der Waals surface area contributed by atoms with Crippen LogP contribution in [0, 0.1) is 17.2 Å². The molecule has 0 radical (unpaired) electrons. The first-order valence-corrected chi connectivity index (χ1v) is 6.66. The Hall–Kier alpha value is -1.24. The molecule has 0 aliphatic heterocycles. The summed E-state index contributed by atoms with van der Waals surface area (Å²) < 4.78 is 5.36. The van der Waals surface area contributed by atoms with Crippen LogP contribution in [0.15, 0.2) is 0 Å². The topological polar surface area (TPSA) is 53.3 Å². The molecule has 0 saturated heterocycles. The van der Waals surface area contributed by atoms with Crippen molar-refractivity contribution >= 4 is 6.09 Å². The number of ether oxygens (including phenoxy) is 1. The van der Waals surface area contributed by atoms with Gasteiger partial charge >= 0.3 is 6.09 Å². The molecule has 18 heavy (non-hydrogen) atoms. The van der Waals surface area contributed by atoms with Gasteiger partial charge in [0.15, 0.2) is 0 Å². The summed E-state index contributed by atoms with van der Waals surface area (Å²) in [5.41, 5.74) is -0.441. The van der Waals surface area contributed by atoms with Crippen LogP contribution < -0.4 is 0 Å². The van der Waals surface area contributed by atoms with Gasteiger partial charge in [-0.05, 0) is 52.4 Å². The summed E-state index contributed by atoms with van der Waals surface area (Å²) in [5, 5.41) is 8.67. The molecule has 0 spiro atoms. The average molecular weight is 252 g/mol. The molecule has 0 aromatic carbocycles. The molecule has 0 aromatic rings. The summed E-state index contributed by atoms with van der Waals surface area (Å²) >= 11 is 0. The first-order valence-electron chi connectivity index (χ1n) is 6.66. The van der Waals surface area contributed by atoms with Crippen molar-refractivity contribution in [2.24, 2.45) is 5.92 Å². The molecule has 4 heteroatoms. The van der Waals surface area contributed by atoms with Crippen LogP contribution in [-0.2, 0) is 4.74 Å². The zero-order valence-corrected chi connectivity index (χ0v) is 11.9. The van der Waals surface area contributed by atoms with Crippen molar-refractivity contribution in [3.05, 3.63) is 0 Å². The van der Waals surface area contributed by atoms with Crippen LogP contribution in [0.1, 0.15) is 52.9 Å². The van der Waals surface area contributed by atoms with Crippen LogP contribution in [0.4, 0.5) is 4.79 Å². The van der Waals surface area contributed by atoms with Crippen LogP contribution in [0.5, 0.6) is 0 Å². The van der Waals surface area contributed by atoms with Gasteiger partial charge in [0.05, 0.1) is 6.07 Å². The zero-order chi connectivity index (χ0) is 13.8. The second-order valence-corrected chi connectivity index (χ2v) is 6.13. The van der Waals surface area contributed by atoms with Gasteiger partial charge in [0.1, 0.15) is 5.60 Å². The fourth-order valence-corrected chi connectivity index (χ4v) is 2.35. The summed E-state index contributed by atoms with van der Waals surface area (Å²) in [7, 11) is 1.81. The van der Waals surface area contributed by atoms with E-state index < -0.39 is 5.60 Å². The molecule has 1 aliphatic carbocycles. The molecule has 4 nitrogen and oxygen atoms in total. The van der Waals surface area contributed by atoms with E-state index in [9.17, 15) is 4.79 Å². The fraction of sp³-hybridized carbons (Fsp3) is 0.857. The molecular formula is C14H24N2O2. The molecule has 0 heterocycles. The maximum absolute atomic E-state index is 11.9. The lowest BCUT2D eigenvalue weighted by Crippen LogP contribution is -2.42. The van der Waals surface area contributed by atoms with Gasteiger partial charge in [0, 0.05) is 19.5 Å². The first kappa shape index (κ1) is 14.8. The Morgan fingerprint density at radius 1 is 1.33 bits per heavy atom. The van der Waals surface area contributed by atoms with Crippen molar-refractivity contribution in [1.29, 1.82) is 5.26 Å². The van der Waals surface area contributed by atoms with Crippen molar-refractivity contribution in [1.82, 2.24) is 4.90 Å². The van der Waals surface area contributed by atoms with Gasteiger partial charge in [0.25, 0.3) is 0 Å². The minimum absolute atomic E-state index is 0.244. The molecule has 1 fully saturated rings. The number of hydrogen-bond donors (Lipinski definition) is 0. The third-order valence-electron chi connectivity index (χ3n) is 3.43. The van der Waals surface area contributed by atoms with Gasteiger partial charge in [-0.1, -0.05) is 0 Å². The highest BCUT2D eigenvalue weighted by molar-refractivity contribution is 5.68. The van der Waals surface area contributed by atoms with Crippen molar-refractivity contribution in [3.63, 3.8) is 0 Å². The number of nitriles is 1. The van der Waals surface area contributed by atoms with Crippen LogP contribution in [-0.4, -0.2) is 29.7 Å². The summed E-state index contributed by atoms with van der Waals surface area (Å²) in [6.07, 6.45) is 4.41. The van der Waals surface area contributed by atoms with Gasteiger partial charge in [-0.3, -0.25) is 0 Å². The van der Waals surface area contributed by atoms with Crippen molar-refractivity contribution in [2.75, 3.05) is 7.05 Å². The maximum atomic E-state index is 11.9. The number of carbonyl (C=O) groups is 1. The van der Waals surface area contributed by atoms with E-state index in [1.165, 1.54) is 0 Å². The zero-order valence-electron chi connectivity index (χ0n) is 11.9. The predicted octanol–water partition coefficient (Wildman–Crippen LogP) is 3.33. The molecule has 1 aliphatic rings. The van der Waals surface area contributed by atoms with E-state index in [4.69, 9.17) is 10.00 Å². The smallest absolute Gasteiger partial charge is 0.410 e. The molecule has 0 bridgehead atoms. The largest absolute Gasteiger partial charge is 0.444 e. The van der Waals surface area contributed by atoms with Crippen molar-refractivity contribution < 1.29 is 9.53 Å². The van der Waals surface area contributed by atoms with E-state index >= 15 is 0 Å². The second kappa shape index (κ2) is 6.08. The summed E-state index contributed by atoms with van der Waals surface area (Å²) in [4.78, 5) is 13.6. The number of amides is 1. The van der Waals surface area contributed by atoms with Gasteiger partial charge in [-0.2, -0.15) is 5.26 Å². The lowest BCUT2D eigenvalue weighted by molar-refractivity contribution is 0.0173. The molecule has 1 amide bonds. The molecule has 1 rings (SSSR count). The fourth-order valence-electron chi connectivity index (χ4n) is 2.35. The van der Waals surface area contributed by atoms with Crippen molar-refractivity contribution in [2.45, 2.75) is 64.5 Å². The number of carbonyl (C=O) groups excluding carboxylic acids is 1. The summed E-state index contributed by atoms with van der Waals surface area (Å²) in [6, 6.07) is 2.49. The summed E-state index contributed by atoms with van der Waals surface area (Å²) in [5.74, 6) is 0.512. The Morgan fingerprint density at radius 2 is 1.89 bits per heavy atom. The van der Waals surface area contributed by atoms with Crippen LogP contribution >= 0.6 is 0 Å². The molecular weight excluding hydrogens is 228 g/mol. The minimum atomic E-state index is -0.441. The van der Waals surface area contributed by atoms with E-state index in [1.807, 2.05) is 27.8 Å². The highest BCUT2D eigenvalue weighted by atomic mass is 16.6. The number of hydrogen-bond acceptors (Lipinski definition) is 3. The third kappa shape index (κ3) is 4.56. The quantitative estimate of drug-likeness (QED) is 0.757. The molecule has 0 unspecified atom stereocenters. The second-order valence-electron chi connectivity index (χ2n) is 6.13. The van der Waals surface area contributed by atoms with Gasteiger partial charge in [-0.15, -0.1) is 0 Å². The number of rotatable bonds is 2. The van der Waals surface area contributed by atoms with E-state index in [0.29, 0.717) is 12.3 Å². The lowest BCUT2D eigenvalue weighted by Gasteiger charge is -2.35. The van der Waals surface area contributed by atoms with Crippen molar-refractivity contribution in [3.8, 4) is 6.07 Å². The van der Waals surface area contributed by atoms with Crippen LogP contribution in [0.2, 0.25) is 0 Å². The Labute approximate surface area is 110 Å². The third-order valence-corrected chi connectivity index (χ3v) is 3.43. The molecule has 0 aromatic heterocycles. The maximum Gasteiger partial charge on any atom is 0.410 e. The van der Waals surface area contributed by atoms with Crippen LogP contribution in [0.25, 0.3) is 0 Å². The standard InChI is InChI=1S/C14H24N2O2/c1-14(2,3)18-13(17)16(4)12-7-5-11(6-8-12)9-10-15/h11-12H,5-9H2,1-4H3/t11-,12+. The first-order chi connectivity index (χ1) is 8.33. The Balaban J connectivity index is 2.43. The highest BCUT2D eigenvalue weighted by Crippen LogP contribution is 2.29. The lowest BCUT2D eigenvalue weighted by atomic mass is 9.84. The van der Waals surface area contributed by atoms with Gasteiger partial charge in [0.2, 0.25) is 0 Å².